The summed E-state index contributed by atoms with van der Waals surface area (Å²) in [4.78, 5) is 0. The molecule has 1 aromatic carbocycles. The van der Waals surface area contributed by atoms with Crippen LogP contribution in [-0.2, 0) is 5.41 Å². The molecule has 21 heavy (non-hydrogen) atoms. The summed E-state index contributed by atoms with van der Waals surface area (Å²) >= 11 is 0. The van der Waals surface area contributed by atoms with Crippen molar-refractivity contribution in [3.05, 3.63) is 35.4 Å². The van der Waals surface area contributed by atoms with Crippen LogP contribution >= 0.6 is 0 Å². The predicted octanol–water partition coefficient (Wildman–Crippen LogP) is 4.87. The normalized spacial score (nSPS) is 21.8. The Kier molecular flexibility index (Phi) is 3.90. The lowest BCUT2D eigenvalue weighted by Crippen LogP contribution is -2.50. The van der Waals surface area contributed by atoms with Crippen LogP contribution in [0, 0.1) is 11.3 Å². The summed E-state index contributed by atoms with van der Waals surface area (Å²) in [6.07, 6.45) is 5.77. The Morgan fingerprint density at radius 1 is 1.00 bits per heavy atom. The van der Waals surface area contributed by atoms with E-state index in [-0.39, 0.29) is 0 Å². The summed E-state index contributed by atoms with van der Waals surface area (Å²) in [5, 5.41) is 3.73. The van der Waals surface area contributed by atoms with E-state index in [9.17, 15) is 0 Å². The maximum absolute atomic E-state index is 3.73. The molecule has 2 aliphatic rings. The molecule has 0 unspecified atom stereocenters. The lowest BCUT2D eigenvalue weighted by Gasteiger charge is -2.50. The highest BCUT2D eigenvalue weighted by atomic mass is 14.9. The van der Waals surface area contributed by atoms with Gasteiger partial charge in [0.15, 0.2) is 0 Å². The van der Waals surface area contributed by atoms with Crippen molar-refractivity contribution < 1.29 is 0 Å². The van der Waals surface area contributed by atoms with Crippen LogP contribution in [0.1, 0.15) is 70.4 Å². The van der Waals surface area contributed by atoms with Gasteiger partial charge in [-0.15, -0.1) is 0 Å². The third-order valence-electron chi connectivity index (χ3n) is 5.59. The first-order valence-electron chi connectivity index (χ1n) is 8.76. The van der Waals surface area contributed by atoms with E-state index in [1.165, 1.54) is 31.2 Å². The highest BCUT2D eigenvalue weighted by Gasteiger charge is 2.60. The van der Waals surface area contributed by atoms with E-state index >= 15 is 0 Å². The fourth-order valence-electron chi connectivity index (χ4n) is 4.17. The highest BCUT2D eigenvalue weighted by molar-refractivity contribution is 5.36. The van der Waals surface area contributed by atoms with E-state index < -0.39 is 0 Å². The summed E-state index contributed by atoms with van der Waals surface area (Å²) in [6.45, 7) is 11.4. The van der Waals surface area contributed by atoms with Crippen molar-refractivity contribution in [2.24, 2.45) is 11.3 Å². The van der Waals surface area contributed by atoms with Crippen LogP contribution in [0.2, 0.25) is 0 Å². The van der Waals surface area contributed by atoms with Crippen molar-refractivity contribution in [2.45, 2.75) is 64.7 Å². The molecule has 1 aromatic rings. The fraction of sp³-hybridized carbons (Fsp3) is 0.700. The van der Waals surface area contributed by atoms with E-state index in [1.807, 2.05) is 0 Å². The Labute approximate surface area is 130 Å². The van der Waals surface area contributed by atoms with Gasteiger partial charge >= 0.3 is 0 Å². The van der Waals surface area contributed by atoms with Gasteiger partial charge in [-0.1, -0.05) is 52.0 Å². The first kappa shape index (κ1) is 15.1. The number of benzene rings is 1. The lowest BCUT2D eigenvalue weighted by atomic mass is 9.56. The molecule has 0 atom stereocenters. The molecule has 1 spiro atoms. The van der Waals surface area contributed by atoms with Gasteiger partial charge in [-0.2, -0.15) is 0 Å². The molecule has 1 N–H and O–H groups in total. The molecule has 1 heteroatoms. The van der Waals surface area contributed by atoms with Gasteiger partial charge in [0.25, 0.3) is 0 Å². The zero-order chi connectivity index (χ0) is 15.1. The topological polar surface area (TPSA) is 12.0 Å². The summed E-state index contributed by atoms with van der Waals surface area (Å²) in [7, 11) is 0. The largest absolute Gasteiger partial charge is 0.316 e. The van der Waals surface area contributed by atoms with Crippen molar-refractivity contribution in [3.8, 4) is 0 Å². The zero-order valence-corrected chi connectivity index (χ0v) is 14.2. The molecule has 1 nitrogen and oxygen atoms in total. The third-order valence-corrected chi connectivity index (χ3v) is 5.59. The Bertz CT molecular complexity index is 471. The van der Waals surface area contributed by atoms with Crippen LogP contribution in [0.3, 0.4) is 0 Å². The number of nitrogens with one attached hydrogen (secondary N) is 1. The van der Waals surface area contributed by atoms with Gasteiger partial charge in [-0.05, 0) is 60.6 Å². The van der Waals surface area contributed by atoms with Crippen molar-refractivity contribution in [2.75, 3.05) is 13.1 Å². The smallest absolute Gasteiger partial charge is 0.00883 e. The first-order valence-corrected chi connectivity index (χ1v) is 8.76. The monoisotopic (exact) mass is 285 g/mol. The van der Waals surface area contributed by atoms with Crippen molar-refractivity contribution in [1.29, 1.82) is 0 Å². The first-order chi connectivity index (χ1) is 9.95. The molecular weight excluding hydrogens is 254 g/mol. The molecule has 0 aliphatic heterocycles. The molecule has 0 bridgehead atoms. The number of hydrogen-bond donors (Lipinski definition) is 1. The SMILES string of the molecule is CC(C)CNCC1(c2ccc(C(C)C)cc2)CC2(CC2)C1. The summed E-state index contributed by atoms with van der Waals surface area (Å²) in [5.74, 6) is 1.37. The Balaban J connectivity index is 1.72. The minimum Gasteiger partial charge on any atom is -0.316 e. The summed E-state index contributed by atoms with van der Waals surface area (Å²) < 4.78 is 0. The van der Waals surface area contributed by atoms with E-state index in [1.54, 1.807) is 5.56 Å². The van der Waals surface area contributed by atoms with Crippen LogP contribution in [0.15, 0.2) is 24.3 Å². The van der Waals surface area contributed by atoms with Crippen molar-refractivity contribution in [1.82, 2.24) is 5.32 Å². The summed E-state index contributed by atoms with van der Waals surface area (Å²) in [6, 6.07) is 9.51. The molecule has 3 rings (SSSR count). The Morgan fingerprint density at radius 3 is 2.10 bits per heavy atom. The van der Waals surface area contributed by atoms with Gasteiger partial charge in [-0.25, -0.2) is 0 Å². The van der Waals surface area contributed by atoms with Crippen LogP contribution in [0.4, 0.5) is 0 Å². The average Bonchev–Trinajstić information content (AvgIpc) is 3.17. The quantitative estimate of drug-likeness (QED) is 0.786. The molecule has 2 fully saturated rings. The van der Waals surface area contributed by atoms with Gasteiger partial charge < -0.3 is 5.32 Å². The minimum absolute atomic E-state index is 0.418. The van der Waals surface area contributed by atoms with E-state index in [0.29, 0.717) is 11.3 Å². The second-order valence-electron chi connectivity index (χ2n) is 8.44. The Morgan fingerprint density at radius 2 is 1.62 bits per heavy atom. The maximum Gasteiger partial charge on any atom is 0.00883 e. The maximum atomic E-state index is 3.73. The average molecular weight is 285 g/mol. The molecule has 0 amide bonds. The molecule has 0 aromatic heterocycles. The Hall–Kier alpha value is -0.820. The van der Waals surface area contributed by atoms with E-state index in [2.05, 4.69) is 57.3 Å². The number of rotatable bonds is 6. The molecular formula is C20H31N. The van der Waals surface area contributed by atoms with Gasteiger partial charge in [0.05, 0.1) is 0 Å². The van der Waals surface area contributed by atoms with Gasteiger partial charge in [-0.3, -0.25) is 0 Å². The molecule has 2 aliphatic carbocycles. The molecule has 0 saturated heterocycles. The minimum atomic E-state index is 0.418. The molecule has 116 valence electrons. The van der Waals surface area contributed by atoms with E-state index in [0.717, 1.165) is 24.4 Å². The van der Waals surface area contributed by atoms with Crippen molar-refractivity contribution >= 4 is 0 Å². The van der Waals surface area contributed by atoms with Crippen LogP contribution in [0.25, 0.3) is 0 Å². The molecule has 0 heterocycles. The van der Waals surface area contributed by atoms with E-state index in [4.69, 9.17) is 0 Å². The van der Waals surface area contributed by atoms with Crippen LogP contribution in [-0.4, -0.2) is 13.1 Å². The standard InChI is InChI=1S/C20H31N/c1-15(2)11-21-14-20(12-19(13-20)9-10-19)18-7-5-17(6-8-18)16(3)4/h5-8,15-16,21H,9-14H2,1-4H3. The van der Waals surface area contributed by atoms with Crippen LogP contribution in [0.5, 0.6) is 0 Å². The third kappa shape index (κ3) is 3.04. The molecule has 0 radical (unpaired) electrons. The van der Waals surface area contributed by atoms with Gasteiger partial charge in [0.2, 0.25) is 0 Å². The summed E-state index contributed by atoms with van der Waals surface area (Å²) in [5.41, 5.74) is 4.20. The highest BCUT2D eigenvalue weighted by Crippen LogP contribution is 2.68. The molecule has 2 saturated carbocycles. The van der Waals surface area contributed by atoms with Gasteiger partial charge in [0.1, 0.15) is 0 Å². The van der Waals surface area contributed by atoms with Crippen molar-refractivity contribution in [3.63, 3.8) is 0 Å². The zero-order valence-electron chi connectivity index (χ0n) is 14.2. The van der Waals surface area contributed by atoms with Crippen LogP contribution < -0.4 is 5.32 Å². The second kappa shape index (κ2) is 5.43. The fourth-order valence-corrected chi connectivity index (χ4v) is 4.17. The predicted molar refractivity (Wildman–Crippen MR) is 90.8 cm³/mol. The number of hydrogen-bond acceptors (Lipinski definition) is 1. The second-order valence-corrected chi connectivity index (χ2v) is 8.44. The van der Waals surface area contributed by atoms with Gasteiger partial charge in [0, 0.05) is 12.0 Å². The lowest BCUT2D eigenvalue weighted by molar-refractivity contribution is 0.115.